The summed E-state index contributed by atoms with van der Waals surface area (Å²) in [6.45, 7) is 7.50. The van der Waals surface area contributed by atoms with E-state index in [0.29, 0.717) is 12.1 Å². The van der Waals surface area contributed by atoms with Crippen LogP contribution < -0.4 is 10.0 Å². The van der Waals surface area contributed by atoms with E-state index in [2.05, 4.69) is 40.9 Å². The van der Waals surface area contributed by atoms with Crippen molar-refractivity contribution < 1.29 is 21.6 Å². The Morgan fingerprint density at radius 2 is 1.61 bits per heavy atom. The van der Waals surface area contributed by atoms with Gasteiger partial charge in [-0.25, -0.2) is 21.6 Å². The molecule has 1 amide bonds. The second-order valence-corrected chi connectivity index (χ2v) is 12.1. The topological polar surface area (TPSA) is 113 Å². The second-order valence-electron chi connectivity index (χ2n) is 8.21. The van der Waals surface area contributed by atoms with Gasteiger partial charge in [-0.1, -0.05) is 38.1 Å². The molecule has 1 saturated heterocycles. The van der Waals surface area contributed by atoms with Crippen molar-refractivity contribution in [2.75, 3.05) is 24.6 Å². The highest BCUT2D eigenvalue weighted by Crippen LogP contribution is 2.16. The Hall–Kier alpha value is -2.27. The molecule has 1 unspecified atom stereocenters. The molecule has 2 N–H and O–H groups in total. The first kappa shape index (κ1) is 25.4. The number of hydrogen-bond donors (Lipinski definition) is 2. The van der Waals surface area contributed by atoms with E-state index in [1.807, 2.05) is 12.1 Å². The van der Waals surface area contributed by atoms with Crippen molar-refractivity contribution in [2.45, 2.75) is 44.3 Å². The molecular formula is C23H31N3O5S2. The van der Waals surface area contributed by atoms with Crippen LogP contribution in [0.25, 0.3) is 0 Å². The lowest BCUT2D eigenvalue weighted by molar-refractivity contribution is 0.0950. The van der Waals surface area contributed by atoms with Crippen LogP contribution in [0.1, 0.15) is 41.8 Å². The fourth-order valence-electron chi connectivity index (χ4n) is 3.71. The summed E-state index contributed by atoms with van der Waals surface area (Å²) in [7, 11) is -7.05. The zero-order valence-corrected chi connectivity index (χ0v) is 20.6. The maximum atomic E-state index is 12.5. The van der Waals surface area contributed by atoms with Gasteiger partial charge in [0.05, 0.1) is 16.4 Å². The van der Waals surface area contributed by atoms with Crippen LogP contribution in [0.5, 0.6) is 0 Å². The zero-order valence-electron chi connectivity index (χ0n) is 19.0. The van der Waals surface area contributed by atoms with Crippen LogP contribution in [0.15, 0.2) is 53.4 Å². The molecule has 0 aliphatic carbocycles. The first-order valence-electron chi connectivity index (χ1n) is 11.0. The van der Waals surface area contributed by atoms with Gasteiger partial charge in [0.15, 0.2) is 9.84 Å². The Balaban J connectivity index is 1.55. The van der Waals surface area contributed by atoms with Gasteiger partial charge in [-0.3, -0.25) is 9.69 Å². The maximum absolute atomic E-state index is 12.5. The number of carbonyl (C=O) groups excluding carboxylic acids is 1. The van der Waals surface area contributed by atoms with E-state index in [1.165, 1.54) is 29.8 Å². The van der Waals surface area contributed by atoms with Crippen LogP contribution >= 0.6 is 0 Å². The minimum Gasteiger partial charge on any atom is -0.348 e. The summed E-state index contributed by atoms with van der Waals surface area (Å²) in [6, 6.07) is 13.1. The van der Waals surface area contributed by atoms with E-state index < -0.39 is 25.9 Å². The predicted octanol–water partition coefficient (Wildman–Crippen LogP) is 1.92. The normalized spacial score (nSPS) is 17.8. The number of nitrogens with one attached hydrogen (secondary N) is 2. The Kier molecular flexibility index (Phi) is 8.28. The third kappa shape index (κ3) is 7.10. The number of carbonyl (C=O) groups is 1. The molecule has 1 atom stereocenters. The monoisotopic (exact) mass is 493 g/mol. The summed E-state index contributed by atoms with van der Waals surface area (Å²) in [4.78, 5) is 14.8. The second kappa shape index (κ2) is 10.8. The third-order valence-corrected chi connectivity index (χ3v) is 9.06. The first-order chi connectivity index (χ1) is 15.6. The summed E-state index contributed by atoms with van der Waals surface area (Å²) in [5, 5.41) is 2.84. The fraction of sp³-hybridized carbons (Fsp3) is 0.435. The Labute approximate surface area is 196 Å². The van der Waals surface area contributed by atoms with E-state index in [9.17, 15) is 21.6 Å². The molecule has 1 fully saturated rings. The molecule has 10 heteroatoms. The van der Waals surface area contributed by atoms with Crippen LogP contribution in [0, 0.1) is 0 Å². The molecule has 0 aromatic heterocycles. The van der Waals surface area contributed by atoms with Crippen molar-refractivity contribution in [2.24, 2.45) is 0 Å². The Bertz CT molecular complexity index is 1160. The molecule has 1 aliphatic rings. The van der Waals surface area contributed by atoms with Crippen molar-refractivity contribution in [1.82, 2.24) is 14.9 Å². The lowest BCUT2D eigenvalue weighted by Crippen LogP contribution is -2.35. The number of sulfone groups is 1. The SMILES string of the molecule is CCN(CC)Cc1ccc(CNC(=O)c2ccc(S(=O)(=O)NC3CCS(=O)(=O)C3)cc2)cc1. The average molecular weight is 494 g/mol. The van der Waals surface area contributed by atoms with Crippen molar-refractivity contribution in [3.05, 3.63) is 65.2 Å². The van der Waals surface area contributed by atoms with Gasteiger partial charge in [0.25, 0.3) is 5.91 Å². The molecule has 0 spiro atoms. The van der Waals surface area contributed by atoms with E-state index in [1.54, 1.807) is 0 Å². The van der Waals surface area contributed by atoms with E-state index >= 15 is 0 Å². The largest absolute Gasteiger partial charge is 0.348 e. The Morgan fingerprint density at radius 1 is 1.00 bits per heavy atom. The highest BCUT2D eigenvalue weighted by Gasteiger charge is 2.31. The average Bonchev–Trinajstić information content (AvgIpc) is 3.14. The summed E-state index contributed by atoms with van der Waals surface area (Å²) < 4.78 is 50.6. The zero-order chi connectivity index (χ0) is 24.1. The van der Waals surface area contributed by atoms with Crippen LogP contribution in [0.3, 0.4) is 0 Å². The number of amides is 1. The third-order valence-electron chi connectivity index (χ3n) is 5.76. The fourth-order valence-corrected chi connectivity index (χ4v) is 6.76. The summed E-state index contributed by atoms with van der Waals surface area (Å²) in [6.07, 6.45) is 0.262. The molecule has 3 rings (SSSR count). The Morgan fingerprint density at radius 3 is 2.15 bits per heavy atom. The number of sulfonamides is 1. The van der Waals surface area contributed by atoms with Crippen molar-refractivity contribution in [3.8, 4) is 0 Å². The first-order valence-corrected chi connectivity index (χ1v) is 14.3. The van der Waals surface area contributed by atoms with Gasteiger partial charge in [-0.05, 0) is 54.9 Å². The van der Waals surface area contributed by atoms with Gasteiger partial charge in [-0.2, -0.15) is 0 Å². The minimum atomic E-state index is -3.86. The molecule has 2 aromatic carbocycles. The molecule has 0 saturated carbocycles. The van der Waals surface area contributed by atoms with Gasteiger partial charge in [0, 0.05) is 24.7 Å². The van der Waals surface area contributed by atoms with Gasteiger partial charge >= 0.3 is 0 Å². The summed E-state index contributed by atoms with van der Waals surface area (Å²) >= 11 is 0. The van der Waals surface area contributed by atoms with E-state index in [0.717, 1.165) is 25.2 Å². The highest BCUT2D eigenvalue weighted by atomic mass is 32.2. The molecular weight excluding hydrogens is 462 g/mol. The lowest BCUT2D eigenvalue weighted by atomic mass is 10.1. The van der Waals surface area contributed by atoms with Gasteiger partial charge in [0.1, 0.15) is 0 Å². The lowest BCUT2D eigenvalue weighted by Gasteiger charge is -2.18. The van der Waals surface area contributed by atoms with Crippen molar-refractivity contribution in [3.63, 3.8) is 0 Å². The molecule has 1 aliphatic heterocycles. The number of benzene rings is 2. The summed E-state index contributed by atoms with van der Waals surface area (Å²) in [5.74, 6) is -0.512. The van der Waals surface area contributed by atoms with Gasteiger partial charge in [-0.15, -0.1) is 0 Å². The van der Waals surface area contributed by atoms with E-state index in [-0.39, 0.29) is 28.7 Å². The quantitative estimate of drug-likeness (QED) is 0.523. The number of nitrogens with zero attached hydrogens (tertiary/aromatic N) is 1. The molecule has 180 valence electrons. The molecule has 1 heterocycles. The number of rotatable bonds is 10. The predicted molar refractivity (Wildman–Crippen MR) is 128 cm³/mol. The molecule has 0 radical (unpaired) electrons. The van der Waals surface area contributed by atoms with Crippen LogP contribution in [-0.4, -0.2) is 58.3 Å². The number of hydrogen-bond acceptors (Lipinski definition) is 6. The van der Waals surface area contributed by atoms with Crippen molar-refractivity contribution in [1.29, 1.82) is 0 Å². The molecule has 8 nitrogen and oxygen atoms in total. The smallest absolute Gasteiger partial charge is 0.251 e. The van der Waals surface area contributed by atoms with Gasteiger partial charge in [0.2, 0.25) is 10.0 Å². The molecule has 33 heavy (non-hydrogen) atoms. The van der Waals surface area contributed by atoms with Crippen LogP contribution in [0.2, 0.25) is 0 Å². The maximum Gasteiger partial charge on any atom is 0.251 e. The minimum absolute atomic E-state index is 0.00728. The van der Waals surface area contributed by atoms with Crippen LogP contribution in [-0.2, 0) is 33.0 Å². The molecule has 2 aromatic rings. The van der Waals surface area contributed by atoms with Crippen molar-refractivity contribution >= 4 is 25.8 Å². The standard InChI is InChI=1S/C23H31N3O5S2/c1-3-26(4-2)16-19-7-5-18(6-8-19)15-24-23(27)20-9-11-22(12-10-20)33(30,31)25-21-13-14-32(28,29)17-21/h5-12,21,25H,3-4,13-17H2,1-2H3,(H,24,27). The summed E-state index contributed by atoms with van der Waals surface area (Å²) in [5.41, 5.74) is 2.53. The van der Waals surface area contributed by atoms with Crippen LogP contribution in [0.4, 0.5) is 0 Å². The highest BCUT2D eigenvalue weighted by molar-refractivity contribution is 7.92. The van der Waals surface area contributed by atoms with Gasteiger partial charge < -0.3 is 5.32 Å². The molecule has 0 bridgehead atoms. The van der Waals surface area contributed by atoms with E-state index in [4.69, 9.17) is 0 Å².